The highest BCUT2D eigenvalue weighted by molar-refractivity contribution is 7.99. The molecule has 0 unspecified atom stereocenters. The molecule has 0 aliphatic heterocycles. The van der Waals surface area contributed by atoms with Crippen molar-refractivity contribution in [3.8, 4) is 11.4 Å². The van der Waals surface area contributed by atoms with Crippen LogP contribution in [-0.4, -0.2) is 44.8 Å². The lowest BCUT2D eigenvalue weighted by Crippen LogP contribution is -2.15. The van der Waals surface area contributed by atoms with E-state index in [4.69, 9.17) is 4.74 Å². The van der Waals surface area contributed by atoms with Gasteiger partial charge in [-0.05, 0) is 54.1 Å². The molecule has 8 nitrogen and oxygen atoms in total. The van der Waals surface area contributed by atoms with Crippen LogP contribution >= 0.6 is 11.8 Å². The molecular weight excluding hydrogens is 378 g/mol. The Balaban J connectivity index is 1.70. The Labute approximate surface area is 166 Å². The summed E-state index contributed by atoms with van der Waals surface area (Å²) < 4.78 is 6.92. The lowest BCUT2D eigenvalue weighted by atomic mass is 10.1. The number of benzene rings is 2. The summed E-state index contributed by atoms with van der Waals surface area (Å²) in [7, 11) is 1.58. The fourth-order valence-corrected chi connectivity index (χ4v) is 3.21. The number of amides is 1. The average molecular weight is 397 g/mol. The predicted molar refractivity (Wildman–Crippen MR) is 106 cm³/mol. The van der Waals surface area contributed by atoms with Gasteiger partial charge in [0.15, 0.2) is 5.78 Å². The van der Waals surface area contributed by atoms with Gasteiger partial charge in [0.25, 0.3) is 0 Å². The minimum Gasteiger partial charge on any atom is -0.494 e. The summed E-state index contributed by atoms with van der Waals surface area (Å²) >= 11 is 1.20. The molecule has 1 N–H and O–H groups in total. The summed E-state index contributed by atoms with van der Waals surface area (Å²) in [6.45, 7) is 3.44. The van der Waals surface area contributed by atoms with Crippen molar-refractivity contribution in [2.75, 3.05) is 18.2 Å². The normalized spacial score (nSPS) is 10.5. The number of aryl methyl sites for hydroxylation is 1. The summed E-state index contributed by atoms with van der Waals surface area (Å²) in [6.07, 6.45) is 0. The number of anilines is 1. The second-order valence-corrected chi connectivity index (χ2v) is 6.96. The SMILES string of the molecule is COc1ccc(C)cc1-n1nnnc1SCC(=O)Nc1cccc(C(C)=O)c1. The molecule has 0 aliphatic carbocycles. The molecule has 0 saturated heterocycles. The molecule has 28 heavy (non-hydrogen) atoms. The predicted octanol–water partition coefficient (Wildman–Crippen LogP) is 2.91. The van der Waals surface area contributed by atoms with Crippen molar-refractivity contribution in [3.05, 3.63) is 53.6 Å². The van der Waals surface area contributed by atoms with Crippen LogP contribution in [0.15, 0.2) is 47.6 Å². The number of carbonyl (C=O) groups is 2. The molecule has 0 atom stereocenters. The standard InChI is InChI=1S/C19H19N5O3S/c1-12-7-8-17(27-3)16(9-12)24-19(21-22-23-24)28-11-18(26)20-15-6-4-5-14(10-15)13(2)25/h4-10H,11H2,1-3H3,(H,20,26). The van der Waals surface area contributed by atoms with Crippen LogP contribution in [0.2, 0.25) is 0 Å². The Morgan fingerprint density at radius 1 is 1.21 bits per heavy atom. The molecule has 1 amide bonds. The maximum Gasteiger partial charge on any atom is 0.234 e. The molecule has 3 aromatic rings. The van der Waals surface area contributed by atoms with Gasteiger partial charge in [0, 0.05) is 11.3 Å². The van der Waals surface area contributed by atoms with Gasteiger partial charge in [0.2, 0.25) is 11.1 Å². The molecule has 1 heterocycles. The number of aromatic nitrogens is 4. The Kier molecular flexibility index (Phi) is 6.05. The zero-order chi connectivity index (χ0) is 20.1. The van der Waals surface area contributed by atoms with Crippen LogP contribution < -0.4 is 10.1 Å². The number of methoxy groups -OCH3 is 1. The molecule has 0 bridgehead atoms. The summed E-state index contributed by atoms with van der Waals surface area (Å²) in [5, 5.41) is 15.0. The molecule has 0 radical (unpaired) electrons. The number of nitrogens with one attached hydrogen (secondary N) is 1. The number of hydrogen-bond acceptors (Lipinski definition) is 7. The lowest BCUT2D eigenvalue weighted by molar-refractivity contribution is -0.113. The minimum atomic E-state index is -0.226. The molecule has 0 spiro atoms. The van der Waals surface area contributed by atoms with Gasteiger partial charge in [0.05, 0.1) is 12.9 Å². The second-order valence-electron chi connectivity index (χ2n) is 6.02. The third-order valence-corrected chi connectivity index (χ3v) is 4.81. The third-order valence-electron chi connectivity index (χ3n) is 3.89. The average Bonchev–Trinajstić information content (AvgIpc) is 3.15. The first kappa shape index (κ1) is 19.6. The van der Waals surface area contributed by atoms with Gasteiger partial charge in [-0.25, -0.2) is 0 Å². The van der Waals surface area contributed by atoms with E-state index in [0.29, 0.717) is 27.8 Å². The number of hydrogen-bond donors (Lipinski definition) is 1. The van der Waals surface area contributed by atoms with Gasteiger partial charge in [-0.3, -0.25) is 9.59 Å². The van der Waals surface area contributed by atoms with E-state index in [1.807, 2.05) is 25.1 Å². The summed E-state index contributed by atoms with van der Waals surface area (Å²) in [6, 6.07) is 12.5. The molecule has 3 rings (SSSR count). The first-order valence-electron chi connectivity index (χ1n) is 8.45. The quantitative estimate of drug-likeness (QED) is 0.483. The largest absolute Gasteiger partial charge is 0.494 e. The zero-order valence-corrected chi connectivity index (χ0v) is 16.5. The van der Waals surface area contributed by atoms with E-state index in [1.165, 1.54) is 18.7 Å². The second kappa shape index (κ2) is 8.66. The smallest absolute Gasteiger partial charge is 0.234 e. The number of nitrogens with zero attached hydrogens (tertiary/aromatic N) is 4. The molecule has 144 valence electrons. The Hall–Kier alpha value is -3.20. The number of ether oxygens (including phenoxy) is 1. The van der Waals surface area contributed by atoms with E-state index in [1.54, 1.807) is 36.1 Å². The molecule has 0 saturated carbocycles. The number of thioether (sulfide) groups is 1. The maximum atomic E-state index is 12.3. The monoisotopic (exact) mass is 397 g/mol. The number of carbonyl (C=O) groups excluding carboxylic acids is 2. The van der Waals surface area contributed by atoms with E-state index in [0.717, 1.165) is 5.56 Å². The molecule has 2 aromatic carbocycles. The van der Waals surface area contributed by atoms with Gasteiger partial charge < -0.3 is 10.1 Å². The maximum absolute atomic E-state index is 12.3. The zero-order valence-electron chi connectivity index (χ0n) is 15.7. The number of rotatable bonds is 7. The van der Waals surface area contributed by atoms with Crippen LogP contribution in [-0.2, 0) is 4.79 Å². The Morgan fingerprint density at radius 3 is 2.79 bits per heavy atom. The van der Waals surface area contributed by atoms with Crippen molar-refractivity contribution in [1.82, 2.24) is 20.2 Å². The highest BCUT2D eigenvalue weighted by Gasteiger charge is 2.15. The van der Waals surface area contributed by atoms with Crippen LogP contribution in [0.1, 0.15) is 22.8 Å². The third kappa shape index (κ3) is 4.55. The first-order valence-corrected chi connectivity index (χ1v) is 9.43. The fraction of sp³-hybridized carbons (Fsp3) is 0.211. The van der Waals surface area contributed by atoms with Gasteiger partial charge in [-0.15, -0.1) is 5.10 Å². The fourth-order valence-electron chi connectivity index (χ4n) is 2.53. The van der Waals surface area contributed by atoms with Crippen LogP contribution in [0.5, 0.6) is 5.75 Å². The van der Waals surface area contributed by atoms with E-state index >= 15 is 0 Å². The van der Waals surface area contributed by atoms with Crippen LogP contribution in [0.25, 0.3) is 5.69 Å². The molecule has 0 fully saturated rings. The highest BCUT2D eigenvalue weighted by atomic mass is 32.2. The van der Waals surface area contributed by atoms with Gasteiger partial charge in [-0.2, -0.15) is 4.68 Å². The summed E-state index contributed by atoms with van der Waals surface area (Å²) in [5.41, 5.74) is 2.84. The van der Waals surface area contributed by atoms with Gasteiger partial charge in [-0.1, -0.05) is 30.0 Å². The van der Waals surface area contributed by atoms with E-state index in [9.17, 15) is 9.59 Å². The van der Waals surface area contributed by atoms with Crippen molar-refractivity contribution in [1.29, 1.82) is 0 Å². The lowest BCUT2D eigenvalue weighted by Gasteiger charge is -2.10. The van der Waals surface area contributed by atoms with E-state index in [-0.39, 0.29) is 17.4 Å². The van der Waals surface area contributed by atoms with E-state index < -0.39 is 0 Å². The molecule has 1 aromatic heterocycles. The van der Waals surface area contributed by atoms with E-state index in [2.05, 4.69) is 20.8 Å². The summed E-state index contributed by atoms with van der Waals surface area (Å²) in [5.74, 6) is 0.456. The number of tetrazole rings is 1. The van der Waals surface area contributed by atoms with Crippen molar-refractivity contribution in [3.63, 3.8) is 0 Å². The Morgan fingerprint density at radius 2 is 2.04 bits per heavy atom. The van der Waals surface area contributed by atoms with Crippen molar-refractivity contribution in [2.24, 2.45) is 0 Å². The number of Topliss-reactive ketones (excluding diaryl/α,β-unsaturated/α-hetero) is 1. The van der Waals surface area contributed by atoms with Crippen molar-refractivity contribution < 1.29 is 14.3 Å². The van der Waals surface area contributed by atoms with Crippen LogP contribution in [0, 0.1) is 6.92 Å². The Bertz CT molecular complexity index is 1020. The van der Waals surface area contributed by atoms with Gasteiger partial charge in [0.1, 0.15) is 11.4 Å². The minimum absolute atomic E-state index is 0.0586. The molecule has 0 aliphatic rings. The summed E-state index contributed by atoms with van der Waals surface area (Å²) in [4.78, 5) is 23.8. The van der Waals surface area contributed by atoms with Crippen molar-refractivity contribution >= 4 is 29.1 Å². The first-order chi connectivity index (χ1) is 13.5. The number of ketones is 1. The van der Waals surface area contributed by atoms with Crippen LogP contribution in [0.3, 0.4) is 0 Å². The van der Waals surface area contributed by atoms with Crippen molar-refractivity contribution in [2.45, 2.75) is 19.0 Å². The molecular formula is C19H19N5O3S. The van der Waals surface area contributed by atoms with Gasteiger partial charge >= 0.3 is 0 Å². The molecule has 9 heteroatoms. The highest BCUT2D eigenvalue weighted by Crippen LogP contribution is 2.27. The topological polar surface area (TPSA) is 99.0 Å². The van der Waals surface area contributed by atoms with Crippen LogP contribution in [0.4, 0.5) is 5.69 Å².